The fourth-order valence-electron chi connectivity index (χ4n) is 2.07. The number of nitrogens with zero attached hydrogens (tertiary/aromatic N) is 1. The fourth-order valence-corrected chi connectivity index (χ4v) is 2.07. The molecule has 1 atom stereocenters. The second kappa shape index (κ2) is 3.70. The number of aliphatic hydroxyl groups is 1. The Hall–Kier alpha value is -0.890. The molecule has 0 saturated heterocycles. The summed E-state index contributed by atoms with van der Waals surface area (Å²) in [6, 6.07) is 3.99. The molecule has 2 heteroatoms. The Labute approximate surface area is 85.0 Å². The van der Waals surface area contributed by atoms with Crippen molar-refractivity contribution in [3.8, 4) is 0 Å². The molecule has 1 aliphatic carbocycles. The highest BCUT2D eigenvalue weighted by Gasteiger charge is 2.26. The lowest BCUT2D eigenvalue weighted by atomic mass is 9.79. The van der Waals surface area contributed by atoms with Gasteiger partial charge in [-0.25, -0.2) is 0 Å². The highest BCUT2D eigenvalue weighted by molar-refractivity contribution is 5.23. The fraction of sp³-hybridized carbons (Fsp3) is 0.583. The van der Waals surface area contributed by atoms with Gasteiger partial charge in [0.15, 0.2) is 0 Å². The quantitative estimate of drug-likeness (QED) is 0.779. The van der Waals surface area contributed by atoms with Crippen LogP contribution >= 0.6 is 0 Å². The number of aromatic nitrogens is 1. The molecule has 1 heterocycles. The minimum atomic E-state index is -0.274. The minimum absolute atomic E-state index is 0.274. The number of hydrogen-bond acceptors (Lipinski definition) is 2. The van der Waals surface area contributed by atoms with Gasteiger partial charge in [0.1, 0.15) is 0 Å². The van der Waals surface area contributed by atoms with Gasteiger partial charge in [-0.1, -0.05) is 6.42 Å². The molecule has 0 radical (unpaired) electrons. The monoisotopic (exact) mass is 191 g/mol. The molecule has 76 valence electrons. The maximum Gasteiger partial charge on any atom is 0.0819 e. The maximum absolute atomic E-state index is 10.1. The van der Waals surface area contributed by atoms with Crippen LogP contribution in [0.15, 0.2) is 12.1 Å². The molecule has 0 bridgehead atoms. The second-order valence-corrected chi connectivity index (χ2v) is 4.32. The number of aliphatic hydroxyl groups excluding tert-OH is 1. The van der Waals surface area contributed by atoms with E-state index >= 15 is 0 Å². The normalized spacial score (nSPS) is 19.1. The molecule has 1 aromatic heterocycles. The first kappa shape index (κ1) is 9.66. The molecule has 14 heavy (non-hydrogen) atoms. The van der Waals surface area contributed by atoms with E-state index in [1.54, 1.807) is 0 Å². The standard InChI is InChI=1S/C12H17NO/c1-8-6-11(7-9(2)13-8)12(14)10-4-3-5-10/h6-7,10,12,14H,3-5H2,1-2H3. The third-order valence-corrected chi connectivity index (χ3v) is 3.04. The zero-order valence-corrected chi connectivity index (χ0v) is 8.83. The van der Waals surface area contributed by atoms with Crippen molar-refractivity contribution in [2.24, 2.45) is 5.92 Å². The van der Waals surface area contributed by atoms with Crippen LogP contribution < -0.4 is 0 Å². The summed E-state index contributed by atoms with van der Waals surface area (Å²) in [6.07, 6.45) is 3.33. The predicted octanol–water partition coefficient (Wildman–Crippen LogP) is 2.53. The van der Waals surface area contributed by atoms with E-state index in [2.05, 4.69) is 4.98 Å². The molecule has 1 aromatic rings. The average Bonchev–Trinajstić information content (AvgIpc) is 1.98. The van der Waals surface area contributed by atoms with Crippen molar-refractivity contribution in [2.45, 2.75) is 39.2 Å². The second-order valence-electron chi connectivity index (χ2n) is 4.32. The van der Waals surface area contributed by atoms with E-state index in [4.69, 9.17) is 0 Å². The molecule has 0 amide bonds. The van der Waals surface area contributed by atoms with Crippen molar-refractivity contribution < 1.29 is 5.11 Å². The molecule has 0 aliphatic heterocycles. The van der Waals surface area contributed by atoms with E-state index in [9.17, 15) is 5.11 Å². The lowest BCUT2D eigenvalue weighted by Crippen LogP contribution is -2.20. The Balaban J connectivity index is 2.21. The number of aryl methyl sites for hydroxylation is 2. The molecule has 0 spiro atoms. The largest absolute Gasteiger partial charge is 0.388 e. The number of pyridine rings is 1. The van der Waals surface area contributed by atoms with E-state index in [1.807, 2.05) is 26.0 Å². The van der Waals surface area contributed by atoms with Crippen molar-refractivity contribution in [3.63, 3.8) is 0 Å². The molecular weight excluding hydrogens is 174 g/mol. The molecule has 0 aromatic carbocycles. The smallest absolute Gasteiger partial charge is 0.0819 e. The summed E-state index contributed by atoms with van der Waals surface area (Å²) in [6.45, 7) is 3.95. The van der Waals surface area contributed by atoms with Crippen LogP contribution in [-0.2, 0) is 0 Å². The average molecular weight is 191 g/mol. The van der Waals surface area contributed by atoms with Gasteiger partial charge in [-0.15, -0.1) is 0 Å². The van der Waals surface area contributed by atoms with Crippen molar-refractivity contribution in [3.05, 3.63) is 29.1 Å². The minimum Gasteiger partial charge on any atom is -0.388 e. The Morgan fingerprint density at radius 2 is 1.86 bits per heavy atom. The first-order chi connectivity index (χ1) is 6.66. The summed E-state index contributed by atoms with van der Waals surface area (Å²) in [5, 5.41) is 10.1. The van der Waals surface area contributed by atoms with Gasteiger partial charge in [-0.3, -0.25) is 4.98 Å². The van der Waals surface area contributed by atoms with Crippen LogP contribution in [0.3, 0.4) is 0 Å². The lowest BCUT2D eigenvalue weighted by Gasteiger charge is -2.30. The molecule has 1 aliphatic rings. The maximum atomic E-state index is 10.1. The molecule has 1 fully saturated rings. The molecule has 2 nitrogen and oxygen atoms in total. The van der Waals surface area contributed by atoms with Crippen LogP contribution in [0.1, 0.15) is 42.3 Å². The topological polar surface area (TPSA) is 33.1 Å². The third-order valence-electron chi connectivity index (χ3n) is 3.04. The zero-order chi connectivity index (χ0) is 10.1. The van der Waals surface area contributed by atoms with Gasteiger partial charge >= 0.3 is 0 Å². The van der Waals surface area contributed by atoms with Crippen LogP contribution in [0.25, 0.3) is 0 Å². The van der Waals surface area contributed by atoms with E-state index < -0.39 is 0 Å². The third kappa shape index (κ3) is 1.80. The molecule has 2 rings (SSSR count). The predicted molar refractivity (Wildman–Crippen MR) is 56.0 cm³/mol. The van der Waals surface area contributed by atoms with Crippen LogP contribution in [-0.4, -0.2) is 10.1 Å². The van der Waals surface area contributed by atoms with Crippen LogP contribution in [0.5, 0.6) is 0 Å². The molecule has 1 saturated carbocycles. The van der Waals surface area contributed by atoms with Crippen LogP contribution in [0, 0.1) is 19.8 Å². The van der Waals surface area contributed by atoms with Gasteiger partial charge < -0.3 is 5.11 Å². The van der Waals surface area contributed by atoms with Gasteiger partial charge in [0.05, 0.1) is 6.10 Å². The van der Waals surface area contributed by atoms with E-state index in [-0.39, 0.29) is 6.10 Å². The van der Waals surface area contributed by atoms with Crippen LogP contribution in [0.4, 0.5) is 0 Å². The first-order valence-electron chi connectivity index (χ1n) is 5.30. The van der Waals surface area contributed by atoms with Gasteiger partial charge in [-0.2, -0.15) is 0 Å². The molecule has 1 N–H and O–H groups in total. The van der Waals surface area contributed by atoms with Crippen LogP contribution in [0.2, 0.25) is 0 Å². The van der Waals surface area contributed by atoms with Gasteiger partial charge in [0, 0.05) is 11.4 Å². The lowest BCUT2D eigenvalue weighted by molar-refractivity contribution is 0.0619. The zero-order valence-electron chi connectivity index (χ0n) is 8.83. The molecular formula is C12H17NO. The SMILES string of the molecule is Cc1cc(C(O)C2CCC2)cc(C)n1. The van der Waals surface area contributed by atoms with Crippen molar-refractivity contribution in [1.29, 1.82) is 0 Å². The van der Waals surface area contributed by atoms with Crippen molar-refractivity contribution in [2.75, 3.05) is 0 Å². The summed E-state index contributed by atoms with van der Waals surface area (Å²) >= 11 is 0. The Morgan fingerprint density at radius 1 is 1.29 bits per heavy atom. The Bertz CT molecular complexity index is 311. The van der Waals surface area contributed by atoms with Crippen molar-refractivity contribution >= 4 is 0 Å². The molecule has 1 unspecified atom stereocenters. The number of rotatable bonds is 2. The first-order valence-corrected chi connectivity index (χ1v) is 5.30. The summed E-state index contributed by atoms with van der Waals surface area (Å²) in [5.41, 5.74) is 3.04. The van der Waals surface area contributed by atoms with Gasteiger partial charge in [0.2, 0.25) is 0 Å². The van der Waals surface area contributed by atoms with E-state index in [1.165, 1.54) is 19.3 Å². The number of hydrogen-bond donors (Lipinski definition) is 1. The summed E-state index contributed by atoms with van der Waals surface area (Å²) in [7, 11) is 0. The Morgan fingerprint density at radius 3 is 2.29 bits per heavy atom. The van der Waals surface area contributed by atoms with Crippen molar-refractivity contribution in [1.82, 2.24) is 4.98 Å². The van der Waals surface area contributed by atoms with E-state index in [0.29, 0.717) is 5.92 Å². The highest BCUT2D eigenvalue weighted by atomic mass is 16.3. The van der Waals surface area contributed by atoms with Gasteiger partial charge in [0.25, 0.3) is 0 Å². The summed E-state index contributed by atoms with van der Waals surface area (Å²) < 4.78 is 0. The van der Waals surface area contributed by atoms with E-state index in [0.717, 1.165) is 17.0 Å². The van der Waals surface area contributed by atoms with Gasteiger partial charge in [-0.05, 0) is 50.3 Å². The highest BCUT2D eigenvalue weighted by Crippen LogP contribution is 2.37. The summed E-state index contributed by atoms with van der Waals surface area (Å²) in [5.74, 6) is 0.483. The summed E-state index contributed by atoms with van der Waals surface area (Å²) in [4.78, 5) is 4.31. The Kier molecular flexibility index (Phi) is 2.55.